The molecule has 0 bridgehead atoms. The van der Waals surface area contributed by atoms with Crippen molar-refractivity contribution in [1.29, 1.82) is 5.26 Å². The van der Waals surface area contributed by atoms with Crippen molar-refractivity contribution in [3.8, 4) is 11.8 Å². The molecule has 2 saturated heterocycles. The number of ether oxygens (including phenoxy) is 1. The minimum Gasteiger partial charge on any atom is -0.490 e. The lowest BCUT2D eigenvalue weighted by Gasteiger charge is -2.45. The number of nitrogens with zero attached hydrogens (tertiary/aromatic N) is 5. The fourth-order valence-electron chi connectivity index (χ4n) is 5.82. The summed E-state index contributed by atoms with van der Waals surface area (Å²) in [5.74, 6) is -2.34. The highest BCUT2D eigenvalue weighted by molar-refractivity contribution is 6.31. The maximum atomic E-state index is 15.1. The van der Waals surface area contributed by atoms with Gasteiger partial charge in [0.25, 0.3) is 11.8 Å². The van der Waals surface area contributed by atoms with Crippen molar-refractivity contribution in [2.75, 3.05) is 31.1 Å². The number of anilines is 1. The number of halogens is 3. The Morgan fingerprint density at radius 1 is 1.07 bits per heavy atom. The van der Waals surface area contributed by atoms with Crippen molar-refractivity contribution < 1.29 is 23.4 Å². The third-order valence-corrected chi connectivity index (χ3v) is 8.39. The summed E-state index contributed by atoms with van der Waals surface area (Å²) in [4.78, 5) is 16.1. The lowest BCUT2D eigenvalue weighted by Crippen LogP contribution is -2.60. The van der Waals surface area contributed by atoms with Crippen LogP contribution in [0.5, 0.6) is 5.75 Å². The van der Waals surface area contributed by atoms with Gasteiger partial charge in [0.2, 0.25) is 0 Å². The van der Waals surface area contributed by atoms with Gasteiger partial charge in [-0.25, -0.2) is 8.78 Å². The standard InChI is InChI=1S/C28H33ClF2N6O3/c29-23-15-22(4-1-18(23)16-32)40-21-5-2-19(3-6-21)33-27(39)24-7-8-26(35-34-24)37-14-11-25(28(30,31)17-37)36-12-9-20(38)10-13-36/h1,4,7-8,15,19-21,25,38H,2-3,5-6,9-14,17H2,(H,33,39). The molecule has 9 nitrogen and oxygen atoms in total. The largest absolute Gasteiger partial charge is 0.490 e. The number of nitrogens with one attached hydrogen (secondary N) is 1. The molecule has 1 aliphatic carbocycles. The fourth-order valence-corrected chi connectivity index (χ4v) is 6.04. The van der Waals surface area contributed by atoms with Crippen molar-refractivity contribution in [3.05, 3.63) is 46.6 Å². The third kappa shape index (κ3) is 6.62. The monoisotopic (exact) mass is 574 g/mol. The van der Waals surface area contributed by atoms with E-state index < -0.39 is 24.6 Å². The van der Waals surface area contributed by atoms with Gasteiger partial charge < -0.3 is 20.1 Å². The first-order valence-corrected chi connectivity index (χ1v) is 14.2. The number of aromatic nitrogens is 2. The van der Waals surface area contributed by atoms with E-state index in [0.717, 1.165) is 25.7 Å². The van der Waals surface area contributed by atoms with Crippen LogP contribution in [0.2, 0.25) is 5.02 Å². The second kappa shape index (κ2) is 12.2. The van der Waals surface area contributed by atoms with Crippen LogP contribution in [0.25, 0.3) is 0 Å². The molecule has 1 saturated carbocycles. The van der Waals surface area contributed by atoms with Crippen molar-refractivity contribution >= 4 is 23.3 Å². The van der Waals surface area contributed by atoms with Crippen LogP contribution in [-0.2, 0) is 0 Å². The molecular weight excluding hydrogens is 542 g/mol. The summed E-state index contributed by atoms with van der Waals surface area (Å²) in [6.07, 6.45) is 3.86. The van der Waals surface area contributed by atoms with E-state index in [0.29, 0.717) is 54.6 Å². The normalized spacial score (nSPS) is 25.7. The summed E-state index contributed by atoms with van der Waals surface area (Å²) in [7, 11) is 0. The Kier molecular flexibility index (Phi) is 8.68. The van der Waals surface area contributed by atoms with Gasteiger partial charge in [0.15, 0.2) is 11.5 Å². The summed E-state index contributed by atoms with van der Waals surface area (Å²) in [5, 5.41) is 30.2. The van der Waals surface area contributed by atoms with Gasteiger partial charge >= 0.3 is 0 Å². The molecule has 1 unspecified atom stereocenters. The minimum absolute atomic E-state index is 0.0139. The topological polar surface area (TPSA) is 115 Å². The second-order valence-electron chi connectivity index (χ2n) is 10.8. The van der Waals surface area contributed by atoms with Crippen LogP contribution in [0.1, 0.15) is 61.0 Å². The molecule has 3 heterocycles. The molecule has 1 aromatic carbocycles. The van der Waals surface area contributed by atoms with E-state index in [4.69, 9.17) is 21.6 Å². The summed E-state index contributed by atoms with van der Waals surface area (Å²) in [6.45, 7) is 0.911. The van der Waals surface area contributed by atoms with E-state index in [-0.39, 0.29) is 30.2 Å². The van der Waals surface area contributed by atoms with Crippen LogP contribution in [-0.4, -0.2) is 82.5 Å². The number of hydrogen-bond acceptors (Lipinski definition) is 8. The molecule has 5 rings (SSSR count). The van der Waals surface area contributed by atoms with Gasteiger partial charge in [-0.3, -0.25) is 9.69 Å². The molecule has 2 N–H and O–H groups in total. The first kappa shape index (κ1) is 28.5. The van der Waals surface area contributed by atoms with Crippen molar-refractivity contribution in [2.45, 2.75) is 75.2 Å². The molecule has 2 aliphatic heterocycles. The first-order chi connectivity index (χ1) is 19.2. The van der Waals surface area contributed by atoms with Gasteiger partial charge in [-0.1, -0.05) is 11.6 Å². The number of aliphatic hydroxyl groups excluding tert-OH is 1. The third-order valence-electron chi connectivity index (χ3n) is 8.08. The van der Waals surface area contributed by atoms with E-state index in [2.05, 4.69) is 15.5 Å². The van der Waals surface area contributed by atoms with Crippen molar-refractivity contribution in [2.24, 2.45) is 0 Å². The van der Waals surface area contributed by atoms with Gasteiger partial charge in [0.05, 0.1) is 35.4 Å². The zero-order valence-corrected chi connectivity index (χ0v) is 22.9. The summed E-state index contributed by atoms with van der Waals surface area (Å²) in [5.41, 5.74) is 0.539. The molecule has 1 amide bonds. The van der Waals surface area contributed by atoms with E-state index in [9.17, 15) is 9.90 Å². The number of alkyl halides is 2. The molecule has 1 aromatic heterocycles. The van der Waals surface area contributed by atoms with Gasteiger partial charge in [0.1, 0.15) is 11.8 Å². The number of hydrogen-bond donors (Lipinski definition) is 2. The lowest BCUT2D eigenvalue weighted by molar-refractivity contribution is -0.0990. The van der Waals surface area contributed by atoms with Crippen LogP contribution in [0, 0.1) is 11.3 Å². The second-order valence-corrected chi connectivity index (χ2v) is 11.3. The van der Waals surface area contributed by atoms with Crippen molar-refractivity contribution in [3.63, 3.8) is 0 Å². The first-order valence-electron chi connectivity index (χ1n) is 13.8. The fraction of sp³-hybridized carbons (Fsp3) is 0.571. The highest BCUT2D eigenvalue weighted by Crippen LogP contribution is 2.34. The molecule has 1 atom stereocenters. The minimum atomic E-state index is -2.92. The number of carbonyl (C=O) groups excluding carboxylic acids is 1. The molecule has 2 aromatic rings. The van der Waals surface area contributed by atoms with Gasteiger partial charge in [-0.2, -0.15) is 5.26 Å². The highest BCUT2D eigenvalue weighted by atomic mass is 35.5. The number of piperidine rings is 2. The molecule has 12 heteroatoms. The van der Waals surface area contributed by atoms with Crippen LogP contribution in [0.3, 0.4) is 0 Å². The van der Waals surface area contributed by atoms with Gasteiger partial charge in [-0.15, -0.1) is 10.2 Å². The average Bonchev–Trinajstić information content (AvgIpc) is 2.94. The highest BCUT2D eigenvalue weighted by Gasteiger charge is 2.48. The predicted octanol–water partition coefficient (Wildman–Crippen LogP) is 3.79. The number of benzene rings is 1. The molecule has 214 valence electrons. The molecule has 0 radical (unpaired) electrons. The van der Waals surface area contributed by atoms with E-state index in [1.54, 1.807) is 29.2 Å². The lowest BCUT2D eigenvalue weighted by atomic mass is 9.93. The SMILES string of the molecule is N#Cc1ccc(OC2CCC(NC(=O)c3ccc(N4CCC(N5CCC(O)CC5)C(F)(F)C4)nn3)CC2)cc1Cl. The van der Waals surface area contributed by atoms with E-state index >= 15 is 8.78 Å². The number of aliphatic hydroxyl groups is 1. The average molecular weight is 575 g/mol. The Balaban J connectivity index is 1.09. The summed E-state index contributed by atoms with van der Waals surface area (Å²) < 4.78 is 36.1. The smallest absolute Gasteiger partial charge is 0.280 e. The Labute approximate surface area is 237 Å². The molecule has 3 fully saturated rings. The van der Waals surface area contributed by atoms with Crippen molar-refractivity contribution in [1.82, 2.24) is 20.4 Å². The van der Waals surface area contributed by atoms with Crippen LogP contribution < -0.4 is 15.0 Å². The zero-order chi connectivity index (χ0) is 28.3. The molecule has 40 heavy (non-hydrogen) atoms. The molecule has 3 aliphatic rings. The van der Waals surface area contributed by atoms with Crippen LogP contribution >= 0.6 is 11.6 Å². The summed E-state index contributed by atoms with van der Waals surface area (Å²) in [6, 6.07) is 9.23. The Hall–Kier alpha value is -3.07. The maximum Gasteiger partial charge on any atom is 0.280 e. The zero-order valence-electron chi connectivity index (χ0n) is 22.1. The number of carbonyl (C=O) groups is 1. The van der Waals surface area contributed by atoms with Crippen LogP contribution in [0.15, 0.2) is 30.3 Å². The predicted molar refractivity (Wildman–Crippen MR) is 145 cm³/mol. The molecular formula is C28H33ClF2N6O3. The van der Waals surface area contributed by atoms with Gasteiger partial charge in [0, 0.05) is 31.7 Å². The molecule has 0 spiro atoms. The number of likely N-dealkylation sites (tertiary alicyclic amines) is 1. The summed E-state index contributed by atoms with van der Waals surface area (Å²) >= 11 is 6.09. The van der Waals surface area contributed by atoms with Crippen LogP contribution in [0.4, 0.5) is 14.6 Å². The maximum absolute atomic E-state index is 15.1. The number of nitriles is 1. The Bertz CT molecular complexity index is 1230. The van der Waals surface area contributed by atoms with E-state index in [1.807, 2.05) is 6.07 Å². The number of amides is 1. The quantitative estimate of drug-likeness (QED) is 0.536. The Morgan fingerprint density at radius 3 is 2.45 bits per heavy atom. The van der Waals surface area contributed by atoms with E-state index in [1.165, 1.54) is 11.0 Å². The van der Waals surface area contributed by atoms with Gasteiger partial charge in [-0.05, 0) is 69.2 Å². The number of rotatable bonds is 6. The Morgan fingerprint density at radius 2 is 1.82 bits per heavy atom.